The van der Waals surface area contributed by atoms with Crippen molar-refractivity contribution in [2.24, 2.45) is 0 Å². The van der Waals surface area contributed by atoms with Crippen LogP contribution in [0.2, 0.25) is 5.02 Å². The Balaban J connectivity index is 1.46. The molecule has 0 atom stereocenters. The largest absolute Gasteiger partial charge is 0.365 e. The number of halogens is 1. The molecule has 0 N–H and O–H groups in total. The van der Waals surface area contributed by atoms with E-state index in [1.807, 2.05) is 13.8 Å². The van der Waals surface area contributed by atoms with Crippen molar-refractivity contribution in [1.82, 2.24) is 19.1 Å². The first kappa shape index (κ1) is 16.8. The van der Waals surface area contributed by atoms with Crippen molar-refractivity contribution in [2.45, 2.75) is 38.6 Å². The molecule has 2 aromatic rings. The van der Waals surface area contributed by atoms with E-state index in [4.69, 9.17) is 11.6 Å². The molecule has 0 bridgehead atoms. The third-order valence-electron chi connectivity index (χ3n) is 4.68. The van der Waals surface area contributed by atoms with Crippen LogP contribution in [-0.2, 0) is 0 Å². The topological polar surface area (TPSA) is 67.2 Å². The third-order valence-corrected chi connectivity index (χ3v) is 5.83. The highest BCUT2D eigenvalue weighted by atomic mass is 35.5. The summed E-state index contributed by atoms with van der Waals surface area (Å²) >= 11 is 7.81. The molecule has 2 fully saturated rings. The SMILES string of the molecule is CC(C)n1ncc(N2CCN(c3nc(C4CC4)ns3)CC2)c(Cl)c1=O. The van der Waals surface area contributed by atoms with E-state index in [9.17, 15) is 4.79 Å². The van der Waals surface area contributed by atoms with Gasteiger partial charge in [0.2, 0.25) is 5.13 Å². The molecule has 1 saturated carbocycles. The molecule has 1 saturated heterocycles. The van der Waals surface area contributed by atoms with Gasteiger partial charge in [0, 0.05) is 43.6 Å². The van der Waals surface area contributed by atoms with Crippen molar-refractivity contribution in [3.63, 3.8) is 0 Å². The van der Waals surface area contributed by atoms with Crippen LogP contribution in [0.5, 0.6) is 0 Å². The van der Waals surface area contributed by atoms with Crippen molar-refractivity contribution >= 4 is 34.0 Å². The molecule has 25 heavy (non-hydrogen) atoms. The predicted octanol–water partition coefficient (Wildman–Crippen LogP) is 2.53. The van der Waals surface area contributed by atoms with Gasteiger partial charge in [0.1, 0.15) is 10.8 Å². The fourth-order valence-corrected chi connectivity index (χ4v) is 4.08. The summed E-state index contributed by atoms with van der Waals surface area (Å²) in [6.07, 6.45) is 4.14. The van der Waals surface area contributed by atoms with Crippen molar-refractivity contribution in [2.75, 3.05) is 36.0 Å². The van der Waals surface area contributed by atoms with Crippen LogP contribution >= 0.6 is 23.1 Å². The minimum atomic E-state index is -0.227. The first-order chi connectivity index (χ1) is 12.0. The van der Waals surface area contributed by atoms with E-state index in [0.717, 1.165) is 42.8 Å². The third kappa shape index (κ3) is 3.25. The summed E-state index contributed by atoms with van der Waals surface area (Å²) in [6, 6.07) is -0.00559. The maximum Gasteiger partial charge on any atom is 0.287 e. The lowest BCUT2D eigenvalue weighted by Gasteiger charge is -2.35. The summed E-state index contributed by atoms with van der Waals surface area (Å²) < 4.78 is 5.90. The molecule has 0 amide bonds. The highest BCUT2D eigenvalue weighted by Gasteiger charge is 2.29. The Morgan fingerprint density at radius 3 is 2.52 bits per heavy atom. The highest BCUT2D eigenvalue weighted by molar-refractivity contribution is 7.09. The number of piperazine rings is 1. The predicted molar refractivity (Wildman–Crippen MR) is 100 cm³/mol. The van der Waals surface area contributed by atoms with E-state index in [-0.39, 0.29) is 16.6 Å². The van der Waals surface area contributed by atoms with Gasteiger partial charge in [0.25, 0.3) is 5.56 Å². The zero-order chi connectivity index (χ0) is 17.6. The molecule has 2 aromatic heterocycles. The molecule has 1 aliphatic heterocycles. The summed E-state index contributed by atoms with van der Waals surface area (Å²) in [6.45, 7) is 7.07. The van der Waals surface area contributed by atoms with Crippen molar-refractivity contribution in [3.05, 3.63) is 27.4 Å². The molecule has 9 heteroatoms. The van der Waals surface area contributed by atoms with Crippen LogP contribution in [0.15, 0.2) is 11.0 Å². The number of hydrogen-bond acceptors (Lipinski definition) is 7. The quantitative estimate of drug-likeness (QED) is 0.812. The van der Waals surface area contributed by atoms with Crippen LogP contribution in [0.3, 0.4) is 0 Å². The van der Waals surface area contributed by atoms with Gasteiger partial charge < -0.3 is 9.80 Å². The maximum absolute atomic E-state index is 12.3. The van der Waals surface area contributed by atoms with Gasteiger partial charge in [-0.05, 0) is 26.7 Å². The summed E-state index contributed by atoms with van der Waals surface area (Å²) in [7, 11) is 0. The minimum absolute atomic E-state index is 0.00559. The first-order valence-corrected chi connectivity index (χ1v) is 9.80. The van der Waals surface area contributed by atoms with Gasteiger partial charge >= 0.3 is 0 Å². The molecule has 134 valence electrons. The van der Waals surface area contributed by atoms with E-state index >= 15 is 0 Å². The fraction of sp³-hybridized carbons (Fsp3) is 0.625. The number of hydrogen-bond donors (Lipinski definition) is 0. The van der Waals surface area contributed by atoms with Gasteiger partial charge in [-0.1, -0.05) is 11.6 Å². The van der Waals surface area contributed by atoms with E-state index in [1.54, 1.807) is 6.20 Å². The van der Waals surface area contributed by atoms with Crippen LogP contribution < -0.4 is 15.4 Å². The van der Waals surface area contributed by atoms with Crippen LogP contribution in [-0.4, -0.2) is 45.3 Å². The van der Waals surface area contributed by atoms with Gasteiger partial charge in [-0.3, -0.25) is 4.79 Å². The standard InChI is InChI=1S/C16H21ClN6OS/c1-10(2)23-15(24)13(17)12(9-18-23)21-5-7-22(8-6-21)16-19-14(20-25-16)11-3-4-11/h9-11H,3-8H2,1-2H3. The first-order valence-electron chi connectivity index (χ1n) is 8.65. The Morgan fingerprint density at radius 1 is 1.20 bits per heavy atom. The molecule has 0 spiro atoms. The molecule has 1 aliphatic carbocycles. The van der Waals surface area contributed by atoms with E-state index < -0.39 is 0 Å². The maximum atomic E-state index is 12.3. The van der Waals surface area contributed by atoms with Gasteiger partial charge in [-0.25, -0.2) is 9.67 Å². The molecule has 2 aliphatic rings. The van der Waals surface area contributed by atoms with Gasteiger partial charge in [-0.15, -0.1) is 0 Å². The van der Waals surface area contributed by atoms with Gasteiger partial charge in [0.05, 0.1) is 17.9 Å². The Labute approximate surface area is 155 Å². The number of anilines is 2. The lowest BCUT2D eigenvalue weighted by molar-refractivity contribution is 0.501. The number of rotatable bonds is 4. The van der Waals surface area contributed by atoms with Gasteiger partial charge in [-0.2, -0.15) is 9.47 Å². The second-order valence-electron chi connectivity index (χ2n) is 6.87. The van der Waals surface area contributed by atoms with E-state index in [2.05, 4.69) is 24.3 Å². The Bertz CT molecular complexity index is 822. The number of nitrogens with zero attached hydrogens (tertiary/aromatic N) is 6. The average molecular weight is 381 g/mol. The van der Waals surface area contributed by atoms with Crippen molar-refractivity contribution < 1.29 is 0 Å². The molecule has 7 nitrogen and oxygen atoms in total. The van der Waals surface area contributed by atoms with Crippen LogP contribution in [0, 0.1) is 0 Å². The average Bonchev–Trinajstić information content (AvgIpc) is 3.34. The molecule has 0 radical (unpaired) electrons. The normalized spacial score (nSPS) is 18.2. The molecule has 0 aromatic carbocycles. The zero-order valence-corrected chi connectivity index (χ0v) is 15.9. The Hall–Kier alpha value is -1.67. The lowest BCUT2D eigenvalue weighted by Crippen LogP contribution is -2.47. The van der Waals surface area contributed by atoms with E-state index in [1.165, 1.54) is 29.1 Å². The second-order valence-corrected chi connectivity index (χ2v) is 7.98. The summed E-state index contributed by atoms with van der Waals surface area (Å²) in [4.78, 5) is 21.4. The lowest BCUT2D eigenvalue weighted by atomic mass is 10.3. The minimum Gasteiger partial charge on any atom is -0.365 e. The summed E-state index contributed by atoms with van der Waals surface area (Å²) in [5.74, 6) is 1.59. The smallest absolute Gasteiger partial charge is 0.287 e. The molecular formula is C16H21ClN6OS. The van der Waals surface area contributed by atoms with Crippen LogP contribution in [0.4, 0.5) is 10.8 Å². The second kappa shape index (κ2) is 6.57. The summed E-state index contributed by atoms with van der Waals surface area (Å²) in [5, 5.41) is 5.52. The van der Waals surface area contributed by atoms with Crippen LogP contribution in [0.25, 0.3) is 0 Å². The van der Waals surface area contributed by atoms with E-state index in [0.29, 0.717) is 5.92 Å². The Kier molecular flexibility index (Phi) is 4.41. The molecule has 4 rings (SSSR count). The fourth-order valence-electron chi connectivity index (χ4n) is 3.03. The molecular weight excluding hydrogens is 360 g/mol. The van der Waals surface area contributed by atoms with Gasteiger partial charge in [0.15, 0.2) is 0 Å². The molecule has 3 heterocycles. The van der Waals surface area contributed by atoms with Crippen molar-refractivity contribution in [1.29, 1.82) is 0 Å². The monoisotopic (exact) mass is 380 g/mol. The molecule has 0 unspecified atom stereocenters. The van der Waals surface area contributed by atoms with Crippen molar-refractivity contribution in [3.8, 4) is 0 Å². The zero-order valence-electron chi connectivity index (χ0n) is 14.4. The summed E-state index contributed by atoms with van der Waals surface area (Å²) in [5.41, 5.74) is 0.494. The number of aromatic nitrogens is 4. The van der Waals surface area contributed by atoms with Crippen LogP contribution in [0.1, 0.15) is 44.5 Å². The highest BCUT2D eigenvalue weighted by Crippen LogP contribution is 2.39. The Morgan fingerprint density at radius 2 is 1.88 bits per heavy atom.